The first-order valence-electron chi connectivity index (χ1n) is 5.95. The molecule has 7 heteroatoms. The number of fused-ring (bicyclic) bond motifs is 1. The third kappa shape index (κ3) is 2.20. The second kappa shape index (κ2) is 5.04. The molecule has 7 nitrogen and oxygen atoms in total. The highest BCUT2D eigenvalue weighted by molar-refractivity contribution is 5.60. The number of rotatable bonds is 4. The average Bonchev–Trinajstić information content (AvgIpc) is 2.94. The number of para-hydroxylation sites is 1. The third-order valence-corrected chi connectivity index (χ3v) is 2.94. The van der Waals surface area contributed by atoms with Gasteiger partial charge in [-0.2, -0.15) is 0 Å². The first-order chi connectivity index (χ1) is 9.75. The highest BCUT2D eigenvalue weighted by Crippen LogP contribution is 2.36. The summed E-state index contributed by atoms with van der Waals surface area (Å²) in [5, 5.41) is 13.9. The molecule has 1 aliphatic rings. The monoisotopic (exact) mass is 273 g/mol. The Hall–Kier alpha value is -2.83. The second-order valence-electron chi connectivity index (χ2n) is 4.15. The number of aromatic nitrogens is 1. The average molecular weight is 273 g/mol. The van der Waals surface area contributed by atoms with E-state index in [-0.39, 0.29) is 12.5 Å². The maximum atomic E-state index is 10.9. The van der Waals surface area contributed by atoms with Gasteiger partial charge in [-0.3, -0.25) is 15.1 Å². The van der Waals surface area contributed by atoms with Crippen LogP contribution < -0.4 is 14.8 Å². The van der Waals surface area contributed by atoms with Crippen molar-refractivity contribution in [2.75, 3.05) is 12.1 Å². The van der Waals surface area contributed by atoms with Gasteiger partial charge in [-0.25, -0.2) is 0 Å². The maximum Gasteiger partial charge on any atom is 0.310 e. The molecule has 0 atom stereocenters. The topological polar surface area (TPSA) is 86.5 Å². The predicted molar refractivity (Wildman–Crippen MR) is 70.8 cm³/mol. The molecule has 0 saturated carbocycles. The summed E-state index contributed by atoms with van der Waals surface area (Å²) in [6, 6.07) is 7.12. The number of pyridine rings is 1. The largest absolute Gasteiger partial charge is 0.454 e. The minimum Gasteiger partial charge on any atom is -0.454 e. The highest BCUT2D eigenvalue weighted by Gasteiger charge is 2.18. The van der Waals surface area contributed by atoms with Crippen LogP contribution in [0.25, 0.3) is 0 Å². The molecule has 0 fully saturated rings. The molecule has 0 unspecified atom stereocenters. The van der Waals surface area contributed by atoms with Gasteiger partial charge in [0.15, 0.2) is 11.5 Å². The van der Waals surface area contributed by atoms with E-state index in [1.54, 1.807) is 6.07 Å². The Morgan fingerprint density at radius 2 is 2.25 bits per heavy atom. The Balaban J connectivity index is 1.81. The van der Waals surface area contributed by atoms with Gasteiger partial charge in [-0.15, -0.1) is 0 Å². The molecule has 0 spiro atoms. The van der Waals surface area contributed by atoms with Crippen LogP contribution in [0.4, 0.5) is 11.4 Å². The normalized spacial score (nSPS) is 12.2. The van der Waals surface area contributed by atoms with E-state index in [0.29, 0.717) is 23.7 Å². The number of nitro groups is 1. The fraction of sp³-hybridized carbons (Fsp3) is 0.154. The molecule has 0 amide bonds. The minimum absolute atomic E-state index is 0.0581. The first-order valence-corrected chi connectivity index (χ1v) is 5.95. The van der Waals surface area contributed by atoms with Crippen LogP contribution in [-0.4, -0.2) is 16.7 Å². The Kier molecular flexibility index (Phi) is 3.08. The van der Waals surface area contributed by atoms with Crippen LogP contribution in [0.15, 0.2) is 36.7 Å². The first kappa shape index (κ1) is 12.2. The van der Waals surface area contributed by atoms with E-state index in [2.05, 4.69) is 10.3 Å². The van der Waals surface area contributed by atoms with E-state index in [1.807, 2.05) is 18.2 Å². The van der Waals surface area contributed by atoms with Crippen LogP contribution in [0.2, 0.25) is 0 Å². The number of ether oxygens (including phenoxy) is 2. The zero-order valence-corrected chi connectivity index (χ0v) is 10.4. The quantitative estimate of drug-likeness (QED) is 0.679. The summed E-state index contributed by atoms with van der Waals surface area (Å²) in [5.41, 5.74) is 1.24. The lowest BCUT2D eigenvalue weighted by atomic mass is 10.2. The molecule has 2 aromatic rings. The molecule has 1 aromatic heterocycles. The van der Waals surface area contributed by atoms with Crippen molar-refractivity contribution in [3.8, 4) is 11.5 Å². The number of nitrogens with one attached hydrogen (secondary N) is 1. The summed E-state index contributed by atoms with van der Waals surface area (Å²) in [5.74, 6) is 1.37. The molecular weight excluding hydrogens is 262 g/mol. The van der Waals surface area contributed by atoms with Crippen LogP contribution in [0, 0.1) is 10.1 Å². The van der Waals surface area contributed by atoms with Crippen LogP contribution in [0.5, 0.6) is 11.5 Å². The van der Waals surface area contributed by atoms with Gasteiger partial charge < -0.3 is 14.8 Å². The van der Waals surface area contributed by atoms with Crippen LogP contribution in [-0.2, 0) is 6.54 Å². The van der Waals surface area contributed by atoms with Crippen LogP contribution in [0.1, 0.15) is 5.56 Å². The van der Waals surface area contributed by atoms with Crippen molar-refractivity contribution in [2.24, 2.45) is 0 Å². The Morgan fingerprint density at radius 3 is 3.10 bits per heavy atom. The van der Waals surface area contributed by atoms with E-state index in [0.717, 1.165) is 5.56 Å². The zero-order chi connectivity index (χ0) is 13.9. The molecule has 0 saturated heterocycles. The molecule has 0 bridgehead atoms. The molecular formula is C13H11N3O4. The summed E-state index contributed by atoms with van der Waals surface area (Å²) in [6.45, 7) is 0.596. The number of nitrogens with zero attached hydrogens (tertiary/aromatic N) is 2. The Morgan fingerprint density at radius 1 is 1.35 bits per heavy atom. The fourth-order valence-electron chi connectivity index (χ4n) is 2.00. The maximum absolute atomic E-state index is 10.9. The van der Waals surface area contributed by atoms with Gasteiger partial charge in [0, 0.05) is 18.3 Å². The van der Waals surface area contributed by atoms with Gasteiger partial charge in [0.05, 0.1) is 4.92 Å². The fourth-order valence-corrected chi connectivity index (χ4v) is 2.00. The predicted octanol–water partition coefficient (Wildman–Crippen LogP) is 2.33. The lowest BCUT2D eigenvalue weighted by Crippen LogP contribution is -2.04. The van der Waals surface area contributed by atoms with Gasteiger partial charge in [-0.05, 0) is 12.1 Å². The zero-order valence-electron chi connectivity index (χ0n) is 10.4. The number of hydrogen-bond donors (Lipinski definition) is 1. The number of benzene rings is 1. The van der Waals surface area contributed by atoms with Crippen molar-refractivity contribution in [1.29, 1.82) is 0 Å². The van der Waals surface area contributed by atoms with E-state index in [9.17, 15) is 10.1 Å². The van der Waals surface area contributed by atoms with Crippen molar-refractivity contribution in [2.45, 2.75) is 6.54 Å². The second-order valence-corrected chi connectivity index (χ2v) is 4.15. The summed E-state index contributed by atoms with van der Waals surface area (Å²) in [6.07, 6.45) is 2.72. The Labute approximate surface area is 114 Å². The van der Waals surface area contributed by atoms with Crippen molar-refractivity contribution in [1.82, 2.24) is 4.98 Å². The van der Waals surface area contributed by atoms with E-state index < -0.39 is 4.92 Å². The Bertz CT molecular complexity index is 660. The SMILES string of the molecule is O=[N+]([O-])c1cnccc1NCc1cccc2c1OCO2. The molecule has 1 aliphatic heterocycles. The standard InChI is InChI=1S/C13H11N3O4/c17-16(18)11-7-14-5-4-10(11)15-6-9-2-1-3-12-13(9)20-8-19-12/h1-5,7H,6,8H2,(H,14,15). The van der Waals surface area contributed by atoms with Crippen molar-refractivity contribution < 1.29 is 14.4 Å². The highest BCUT2D eigenvalue weighted by atomic mass is 16.7. The van der Waals surface area contributed by atoms with Crippen LogP contribution >= 0.6 is 0 Å². The van der Waals surface area contributed by atoms with Gasteiger partial charge >= 0.3 is 5.69 Å². The summed E-state index contributed by atoms with van der Waals surface area (Å²) in [4.78, 5) is 14.2. The van der Waals surface area contributed by atoms with Gasteiger partial charge in [0.2, 0.25) is 6.79 Å². The third-order valence-electron chi connectivity index (χ3n) is 2.94. The summed E-state index contributed by atoms with van der Waals surface area (Å²) >= 11 is 0. The van der Waals surface area contributed by atoms with Crippen molar-refractivity contribution in [3.05, 3.63) is 52.3 Å². The summed E-state index contributed by atoms with van der Waals surface area (Å²) in [7, 11) is 0. The lowest BCUT2D eigenvalue weighted by Gasteiger charge is -2.08. The molecule has 2 heterocycles. The minimum atomic E-state index is -0.468. The van der Waals surface area contributed by atoms with Crippen molar-refractivity contribution >= 4 is 11.4 Å². The lowest BCUT2D eigenvalue weighted by molar-refractivity contribution is -0.384. The van der Waals surface area contributed by atoms with Crippen molar-refractivity contribution in [3.63, 3.8) is 0 Å². The van der Waals surface area contributed by atoms with E-state index in [4.69, 9.17) is 9.47 Å². The summed E-state index contributed by atoms with van der Waals surface area (Å²) < 4.78 is 10.7. The number of hydrogen-bond acceptors (Lipinski definition) is 6. The molecule has 102 valence electrons. The smallest absolute Gasteiger partial charge is 0.310 e. The molecule has 1 N–H and O–H groups in total. The van der Waals surface area contributed by atoms with E-state index in [1.165, 1.54) is 12.4 Å². The molecule has 0 aliphatic carbocycles. The van der Waals surface area contributed by atoms with Gasteiger partial charge in [0.25, 0.3) is 0 Å². The molecule has 1 aromatic carbocycles. The van der Waals surface area contributed by atoms with Crippen LogP contribution in [0.3, 0.4) is 0 Å². The molecule has 0 radical (unpaired) electrons. The number of anilines is 1. The molecule has 20 heavy (non-hydrogen) atoms. The van der Waals surface area contributed by atoms with Gasteiger partial charge in [0.1, 0.15) is 11.9 Å². The molecule has 3 rings (SSSR count). The van der Waals surface area contributed by atoms with Gasteiger partial charge in [-0.1, -0.05) is 12.1 Å². The van der Waals surface area contributed by atoms with E-state index >= 15 is 0 Å².